The third-order valence-corrected chi connectivity index (χ3v) is 6.29. The molecule has 0 aliphatic carbocycles. The standard InChI is InChI=1S/C20H11Br2N3O3S/c21-12-9-14(20-23-16-6-1-2-7-17(16)29-20)18(15(22)10-12)24-19(26)11-4-3-5-13(8-11)25(27)28/h1-10H,(H,24,26). The molecule has 4 rings (SSSR count). The highest BCUT2D eigenvalue weighted by Crippen LogP contribution is 2.40. The number of para-hydroxylation sites is 1. The summed E-state index contributed by atoms with van der Waals surface area (Å²) in [5.41, 5.74) is 2.22. The average Bonchev–Trinajstić information content (AvgIpc) is 3.13. The molecule has 0 fully saturated rings. The molecule has 0 aliphatic heterocycles. The Bertz CT molecular complexity index is 1240. The number of rotatable bonds is 4. The number of hydrogen-bond donors (Lipinski definition) is 1. The van der Waals surface area contributed by atoms with Gasteiger partial charge in [0.1, 0.15) is 5.01 Å². The average molecular weight is 533 g/mol. The molecule has 0 spiro atoms. The first kappa shape index (κ1) is 19.7. The summed E-state index contributed by atoms with van der Waals surface area (Å²) in [4.78, 5) is 28.0. The molecule has 9 heteroatoms. The number of carbonyl (C=O) groups excluding carboxylic acids is 1. The molecule has 144 valence electrons. The highest BCUT2D eigenvalue weighted by Gasteiger charge is 2.18. The topological polar surface area (TPSA) is 85.1 Å². The first-order valence-corrected chi connectivity index (χ1v) is 10.7. The molecule has 6 nitrogen and oxygen atoms in total. The minimum Gasteiger partial charge on any atom is -0.320 e. The molecule has 0 radical (unpaired) electrons. The van der Waals surface area contributed by atoms with Crippen LogP contribution in [0.15, 0.2) is 69.6 Å². The monoisotopic (exact) mass is 531 g/mol. The molecule has 0 bridgehead atoms. The van der Waals surface area contributed by atoms with Crippen molar-refractivity contribution in [1.29, 1.82) is 0 Å². The molecule has 3 aromatic carbocycles. The maximum atomic E-state index is 12.8. The number of carbonyl (C=O) groups is 1. The van der Waals surface area contributed by atoms with E-state index >= 15 is 0 Å². The van der Waals surface area contributed by atoms with Gasteiger partial charge in [-0.1, -0.05) is 34.1 Å². The van der Waals surface area contributed by atoms with Gasteiger partial charge in [-0.15, -0.1) is 11.3 Å². The van der Waals surface area contributed by atoms with Gasteiger partial charge in [0.2, 0.25) is 0 Å². The Morgan fingerprint density at radius 3 is 2.62 bits per heavy atom. The zero-order chi connectivity index (χ0) is 20.5. The molecular weight excluding hydrogens is 522 g/mol. The second-order valence-electron chi connectivity index (χ2n) is 6.06. The summed E-state index contributed by atoms with van der Waals surface area (Å²) in [7, 11) is 0. The number of nitrogens with one attached hydrogen (secondary N) is 1. The lowest BCUT2D eigenvalue weighted by atomic mass is 10.1. The number of halogens is 2. The van der Waals surface area contributed by atoms with Crippen molar-refractivity contribution in [2.75, 3.05) is 5.32 Å². The number of nitrogens with zero attached hydrogens (tertiary/aromatic N) is 2. The van der Waals surface area contributed by atoms with E-state index in [-0.39, 0.29) is 11.3 Å². The summed E-state index contributed by atoms with van der Waals surface area (Å²) in [5.74, 6) is -0.445. The Balaban J connectivity index is 1.77. The smallest absolute Gasteiger partial charge is 0.270 e. The molecule has 1 heterocycles. The molecule has 0 unspecified atom stereocenters. The highest BCUT2D eigenvalue weighted by molar-refractivity contribution is 9.11. The van der Waals surface area contributed by atoms with Crippen LogP contribution < -0.4 is 5.32 Å². The number of benzene rings is 3. The summed E-state index contributed by atoms with van der Waals surface area (Å²) < 4.78 is 2.53. The van der Waals surface area contributed by atoms with Crippen molar-refractivity contribution in [1.82, 2.24) is 4.98 Å². The SMILES string of the molecule is O=C(Nc1c(Br)cc(Br)cc1-c1nc2ccccc2s1)c1cccc([N+](=O)[O-])c1. The van der Waals surface area contributed by atoms with Crippen molar-refractivity contribution in [3.8, 4) is 10.6 Å². The van der Waals surface area contributed by atoms with E-state index in [1.807, 2.05) is 36.4 Å². The van der Waals surface area contributed by atoms with Crippen LogP contribution in [0.1, 0.15) is 10.4 Å². The number of amides is 1. The number of thiazole rings is 1. The summed E-state index contributed by atoms with van der Waals surface area (Å²) in [6, 6.07) is 17.1. The van der Waals surface area contributed by atoms with E-state index in [1.54, 1.807) is 0 Å². The summed E-state index contributed by atoms with van der Waals surface area (Å²) >= 11 is 8.50. The van der Waals surface area contributed by atoms with E-state index in [2.05, 4.69) is 42.2 Å². The third kappa shape index (κ3) is 4.07. The third-order valence-electron chi connectivity index (χ3n) is 4.14. The van der Waals surface area contributed by atoms with Gasteiger partial charge in [0.25, 0.3) is 11.6 Å². The van der Waals surface area contributed by atoms with Gasteiger partial charge in [0.05, 0.1) is 20.8 Å². The number of fused-ring (bicyclic) bond motifs is 1. The predicted octanol–water partition coefficient (Wildman–Crippen LogP) is 6.65. The van der Waals surface area contributed by atoms with Gasteiger partial charge < -0.3 is 5.32 Å². The molecule has 0 atom stereocenters. The predicted molar refractivity (Wildman–Crippen MR) is 122 cm³/mol. The Kier molecular flexibility index (Phi) is 5.44. The number of aromatic nitrogens is 1. The Morgan fingerprint density at radius 2 is 1.86 bits per heavy atom. The number of nitro benzene ring substituents is 1. The molecule has 1 N–H and O–H groups in total. The van der Waals surface area contributed by atoms with E-state index < -0.39 is 10.8 Å². The highest BCUT2D eigenvalue weighted by atomic mass is 79.9. The minimum absolute atomic E-state index is 0.140. The number of non-ortho nitro benzene ring substituents is 1. The van der Waals surface area contributed by atoms with Gasteiger partial charge in [0, 0.05) is 32.2 Å². The lowest BCUT2D eigenvalue weighted by Gasteiger charge is -2.13. The number of hydrogen-bond acceptors (Lipinski definition) is 5. The number of nitro groups is 1. The largest absolute Gasteiger partial charge is 0.320 e. The van der Waals surface area contributed by atoms with Crippen LogP contribution in [-0.4, -0.2) is 15.8 Å². The second-order valence-corrected chi connectivity index (χ2v) is 8.86. The fourth-order valence-corrected chi connectivity index (χ4v) is 5.12. The van der Waals surface area contributed by atoms with Gasteiger partial charge in [-0.3, -0.25) is 14.9 Å². The zero-order valence-electron chi connectivity index (χ0n) is 14.6. The molecule has 1 aromatic heterocycles. The second kappa shape index (κ2) is 8.02. The maximum Gasteiger partial charge on any atom is 0.270 e. The van der Waals surface area contributed by atoms with Crippen molar-refractivity contribution in [2.45, 2.75) is 0 Å². The van der Waals surface area contributed by atoms with Crippen LogP contribution in [0.4, 0.5) is 11.4 Å². The molecule has 29 heavy (non-hydrogen) atoms. The fraction of sp³-hybridized carbons (Fsp3) is 0. The van der Waals surface area contributed by atoms with Crippen LogP contribution in [0, 0.1) is 10.1 Å². The molecule has 0 saturated heterocycles. The minimum atomic E-state index is -0.529. The van der Waals surface area contributed by atoms with Crippen LogP contribution >= 0.6 is 43.2 Å². The van der Waals surface area contributed by atoms with Crippen molar-refractivity contribution in [2.24, 2.45) is 0 Å². The summed E-state index contributed by atoms with van der Waals surface area (Å²) in [6.45, 7) is 0. The van der Waals surface area contributed by atoms with Crippen molar-refractivity contribution in [3.05, 3.63) is 85.3 Å². The molecular formula is C20H11Br2N3O3S. The lowest BCUT2D eigenvalue weighted by molar-refractivity contribution is -0.384. The van der Waals surface area contributed by atoms with E-state index in [0.29, 0.717) is 10.2 Å². The maximum absolute atomic E-state index is 12.8. The van der Waals surface area contributed by atoms with E-state index in [1.165, 1.54) is 35.6 Å². The van der Waals surface area contributed by atoms with Crippen molar-refractivity contribution in [3.63, 3.8) is 0 Å². The van der Waals surface area contributed by atoms with E-state index in [9.17, 15) is 14.9 Å². The van der Waals surface area contributed by atoms with Crippen LogP contribution in [0.5, 0.6) is 0 Å². The Hall–Kier alpha value is -2.62. The van der Waals surface area contributed by atoms with Crippen LogP contribution in [-0.2, 0) is 0 Å². The van der Waals surface area contributed by atoms with Gasteiger partial charge in [-0.25, -0.2) is 4.98 Å². The zero-order valence-corrected chi connectivity index (χ0v) is 18.5. The quantitative estimate of drug-likeness (QED) is 0.235. The summed E-state index contributed by atoms with van der Waals surface area (Å²) in [6.07, 6.45) is 0. The lowest BCUT2D eigenvalue weighted by Crippen LogP contribution is -2.13. The normalized spacial score (nSPS) is 10.8. The van der Waals surface area contributed by atoms with E-state index in [0.717, 1.165) is 25.3 Å². The van der Waals surface area contributed by atoms with E-state index in [4.69, 9.17) is 0 Å². The Morgan fingerprint density at radius 1 is 1.07 bits per heavy atom. The first-order chi connectivity index (χ1) is 13.9. The van der Waals surface area contributed by atoms with Gasteiger partial charge >= 0.3 is 0 Å². The molecule has 1 amide bonds. The summed E-state index contributed by atoms with van der Waals surface area (Å²) in [5, 5.41) is 14.6. The van der Waals surface area contributed by atoms with Crippen LogP contribution in [0.25, 0.3) is 20.8 Å². The van der Waals surface area contributed by atoms with Gasteiger partial charge in [0.15, 0.2) is 0 Å². The van der Waals surface area contributed by atoms with Gasteiger partial charge in [-0.2, -0.15) is 0 Å². The van der Waals surface area contributed by atoms with Crippen LogP contribution in [0.2, 0.25) is 0 Å². The molecule has 0 saturated carbocycles. The Labute approximate surface area is 186 Å². The fourth-order valence-electron chi connectivity index (χ4n) is 2.80. The van der Waals surface area contributed by atoms with Crippen molar-refractivity contribution >= 4 is 70.7 Å². The van der Waals surface area contributed by atoms with Gasteiger partial charge in [-0.05, 0) is 46.3 Å². The number of anilines is 1. The van der Waals surface area contributed by atoms with Crippen molar-refractivity contribution < 1.29 is 9.72 Å². The van der Waals surface area contributed by atoms with Crippen LogP contribution in [0.3, 0.4) is 0 Å². The molecule has 0 aliphatic rings. The first-order valence-electron chi connectivity index (χ1n) is 8.33. The molecule has 4 aromatic rings.